The highest BCUT2D eigenvalue weighted by Gasteiger charge is 2.41. The standard InChI is InChI=1S/C11H20F3NO/c1-10(2,16)7-15-9-5-3-8(4-6-9)11(12,13)14/h8-9,15-16H,3-7H2,1-2H3. The summed E-state index contributed by atoms with van der Waals surface area (Å²) < 4.78 is 37.1. The van der Waals surface area contributed by atoms with E-state index in [-0.39, 0.29) is 18.9 Å². The maximum absolute atomic E-state index is 12.4. The Kier molecular flexibility index (Phi) is 4.23. The van der Waals surface area contributed by atoms with Crippen molar-refractivity contribution in [3.8, 4) is 0 Å². The molecule has 2 N–H and O–H groups in total. The summed E-state index contributed by atoms with van der Waals surface area (Å²) in [7, 11) is 0. The fraction of sp³-hybridized carbons (Fsp3) is 1.00. The van der Waals surface area contributed by atoms with Crippen molar-refractivity contribution in [1.82, 2.24) is 5.32 Å². The lowest BCUT2D eigenvalue weighted by Crippen LogP contribution is -2.43. The van der Waals surface area contributed by atoms with Crippen LogP contribution in [0.15, 0.2) is 0 Å². The summed E-state index contributed by atoms with van der Waals surface area (Å²) in [6.07, 6.45) is -2.55. The van der Waals surface area contributed by atoms with E-state index in [9.17, 15) is 18.3 Å². The maximum Gasteiger partial charge on any atom is 0.391 e. The molecule has 96 valence electrons. The van der Waals surface area contributed by atoms with Crippen molar-refractivity contribution >= 4 is 0 Å². The van der Waals surface area contributed by atoms with Crippen molar-refractivity contribution in [1.29, 1.82) is 0 Å². The molecule has 0 unspecified atom stereocenters. The molecule has 1 fully saturated rings. The molecule has 0 radical (unpaired) electrons. The molecule has 0 aliphatic heterocycles. The van der Waals surface area contributed by atoms with Crippen LogP contribution in [0.1, 0.15) is 39.5 Å². The molecule has 0 spiro atoms. The van der Waals surface area contributed by atoms with Crippen LogP contribution in [0.3, 0.4) is 0 Å². The molecule has 0 aromatic carbocycles. The molecule has 1 rings (SSSR count). The molecule has 1 saturated carbocycles. The summed E-state index contributed by atoms with van der Waals surface area (Å²) in [5.41, 5.74) is -0.805. The molecule has 0 aromatic rings. The number of hydrogen-bond acceptors (Lipinski definition) is 2. The van der Waals surface area contributed by atoms with E-state index in [1.54, 1.807) is 13.8 Å². The van der Waals surface area contributed by atoms with Gasteiger partial charge in [-0.15, -0.1) is 0 Å². The Morgan fingerprint density at radius 3 is 2.00 bits per heavy atom. The minimum absolute atomic E-state index is 0.116. The Hall–Kier alpha value is -0.290. The molecule has 16 heavy (non-hydrogen) atoms. The monoisotopic (exact) mass is 239 g/mol. The average Bonchev–Trinajstić information content (AvgIpc) is 2.13. The normalized spacial score (nSPS) is 28.1. The van der Waals surface area contributed by atoms with Crippen molar-refractivity contribution in [2.45, 2.75) is 57.3 Å². The molecule has 5 heteroatoms. The minimum atomic E-state index is -4.04. The minimum Gasteiger partial charge on any atom is -0.389 e. The highest BCUT2D eigenvalue weighted by molar-refractivity contribution is 4.82. The number of rotatable bonds is 3. The fourth-order valence-electron chi connectivity index (χ4n) is 2.02. The third kappa shape index (κ3) is 4.70. The quantitative estimate of drug-likeness (QED) is 0.793. The second kappa shape index (κ2) is 4.92. The van der Waals surface area contributed by atoms with Crippen LogP contribution < -0.4 is 5.32 Å². The van der Waals surface area contributed by atoms with Crippen LogP contribution in [0.25, 0.3) is 0 Å². The third-order valence-corrected chi connectivity index (χ3v) is 3.01. The van der Waals surface area contributed by atoms with Crippen molar-refractivity contribution < 1.29 is 18.3 Å². The van der Waals surface area contributed by atoms with Gasteiger partial charge in [0.25, 0.3) is 0 Å². The average molecular weight is 239 g/mol. The molecule has 0 saturated heterocycles. The highest BCUT2D eigenvalue weighted by Crippen LogP contribution is 2.37. The molecule has 0 heterocycles. The predicted octanol–water partition coefficient (Wildman–Crippen LogP) is 2.47. The van der Waals surface area contributed by atoms with Crippen LogP contribution >= 0.6 is 0 Å². The van der Waals surface area contributed by atoms with Gasteiger partial charge < -0.3 is 10.4 Å². The molecule has 1 aliphatic rings. The zero-order valence-corrected chi connectivity index (χ0v) is 9.77. The second-order valence-corrected chi connectivity index (χ2v) is 5.28. The first kappa shape index (κ1) is 13.8. The highest BCUT2D eigenvalue weighted by atomic mass is 19.4. The summed E-state index contributed by atoms with van der Waals surface area (Å²) >= 11 is 0. The first-order valence-electron chi connectivity index (χ1n) is 5.71. The Balaban J connectivity index is 2.28. The first-order valence-corrected chi connectivity index (χ1v) is 5.71. The van der Waals surface area contributed by atoms with Crippen LogP contribution in [-0.2, 0) is 0 Å². The van der Waals surface area contributed by atoms with Gasteiger partial charge in [-0.2, -0.15) is 13.2 Å². The molecule has 2 nitrogen and oxygen atoms in total. The van der Waals surface area contributed by atoms with Crippen molar-refractivity contribution in [3.63, 3.8) is 0 Å². The van der Waals surface area contributed by atoms with Gasteiger partial charge in [-0.05, 0) is 39.5 Å². The molecule has 0 amide bonds. The summed E-state index contributed by atoms with van der Waals surface area (Å²) in [6.45, 7) is 3.79. The van der Waals surface area contributed by atoms with E-state index in [0.29, 0.717) is 19.4 Å². The van der Waals surface area contributed by atoms with Gasteiger partial charge in [0, 0.05) is 12.6 Å². The van der Waals surface area contributed by atoms with Gasteiger partial charge in [0.05, 0.1) is 11.5 Å². The van der Waals surface area contributed by atoms with Crippen molar-refractivity contribution in [2.75, 3.05) is 6.54 Å². The van der Waals surface area contributed by atoms with Gasteiger partial charge in [0.2, 0.25) is 0 Å². The van der Waals surface area contributed by atoms with E-state index >= 15 is 0 Å². The second-order valence-electron chi connectivity index (χ2n) is 5.28. The van der Waals surface area contributed by atoms with Gasteiger partial charge >= 0.3 is 6.18 Å². The van der Waals surface area contributed by atoms with E-state index in [4.69, 9.17) is 0 Å². The molecule has 0 atom stereocenters. The van der Waals surface area contributed by atoms with Gasteiger partial charge in [-0.25, -0.2) is 0 Å². The number of hydrogen-bond donors (Lipinski definition) is 2. The van der Waals surface area contributed by atoms with Gasteiger partial charge in [0.1, 0.15) is 0 Å². The molecule has 1 aliphatic carbocycles. The van der Waals surface area contributed by atoms with Crippen molar-refractivity contribution in [3.05, 3.63) is 0 Å². The molecule has 0 aromatic heterocycles. The zero-order chi connectivity index (χ0) is 12.4. The van der Waals surface area contributed by atoms with Crippen LogP contribution in [-0.4, -0.2) is 29.5 Å². The Morgan fingerprint density at radius 1 is 1.12 bits per heavy atom. The van der Waals surface area contributed by atoms with E-state index in [1.165, 1.54) is 0 Å². The fourth-order valence-corrected chi connectivity index (χ4v) is 2.02. The van der Waals surface area contributed by atoms with Gasteiger partial charge in [-0.1, -0.05) is 0 Å². The summed E-state index contributed by atoms with van der Waals surface area (Å²) in [4.78, 5) is 0. The van der Waals surface area contributed by atoms with E-state index in [1.807, 2.05) is 0 Å². The third-order valence-electron chi connectivity index (χ3n) is 3.01. The predicted molar refractivity (Wildman–Crippen MR) is 56.1 cm³/mol. The first-order chi connectivity index (χ1) is 7.18. The largest absolute Gasteiger partial charge is 0.391 e. The molecule has 0 bridgehead atoms. The topological polar surface area (TPSA) is 32.3 Å². The number of halogens is 3. The van der Waals surface area contributed by atoms with Crippen LogP contribution in [0, 0.1) is 5.92 Å². The Bertz CT molecular complexity index is 214. The maximum atomic E-state index is 12.4. The lowest BCUT2D eigenvalue weighted by molar-refractivity contribution is -0.182. The van der Waals surface area contributed by atoms with Crippen LogP contribution in [0.4, 0.5) is 13.2 Å². The Labute approximate surface area is 94.2 Å². The summed E-state index contributed by atoms with van der Waals surface area (Å²) in [6, 6.07) is 0.116. The summed E-state index contributed by atoms with van der Waals surface area (Å²) in [5.74, 6) is -1.13. The van der Waals surface area contributed by atoms with Crippen molar-refractivity contribution in [2.24, 2.45) is 5.92 Å². The number of alkyl halides is 3. The number of nitrogens with one attached hydrogen (secondary N) is 1. The van der Waals surface area contributed by atoms with Gasteiger partial charge in [0.15, 0.2) is 0 Å². The summed E-state index contributed by atoms with van der Waals surface area (Å²) in [5, 5.41) is 12.6. The van der Waals surface area contributed by atoms with Gasteiger partial charge in [-0.3, -0.25) is 0 Å². The van der Waals surface area contributed by atoms with E-state index in [2.05, 4.69) is 5.32 Å². The van der Waals surface area contributed by atoms with E-state index in [0.717, 1.165) is 0 Å². The smallest absolute Gasteiger partial charge is 0.389 e. The number of aliphatic hydroxyl groups is 1. The Morgan fingerprint density at radius 2 is 1.62 bits per heavy atom. The zero-order valence-electron chi connectivity index (χ0n) is 9.77. The molecular formula is C11H20F3NO. The van der Waals surface area contributed by atoms with Crippen LogP contribution in [0.2, 0.25) is 0 Å². The van der Waals surface area contributed by atoms with Crippen LogP contribution in [0.5, 0.6) is 0 Å². The molecular weight excluding hydrogens is 219 g/mol. The lowest BCUT2D eigenvalue weighted by atomic mass is 9.85. The van der Waals surface area contributed by atoms with E-state index < -0.39 is 17.7 Å². The lowest BCUT2D eigenvalue weighted by Gasteiger charge is -2.32. The SMILES string of the molecule is CC(C)(O)CNC1CCC(C(F)(F)F)CC1.